The molecule has 0 saturated heterocycles. The van der Waals surface area contributed by atoms with E-state index in [0.29, 0.717) is 16.4 Å². The molecule has 0 aliphatic carbocycles. The van der Waals surface area contributed by atoms with E-state index in [4.69, 9.17) is 4.74 Å². The first-order valence-corrected chi connectivity index (χ1v) is 10.9. The van der Waals surface area contributed by atoms with Gasteiger partial charge in [-0.3, -0.25) is 4.57 Å². The average molecular weight is 395 g/mol. The molecule has 0 bridgehead atoms. The molecule has 3 atom stereocenters. The summed E-state index contributed by atoms with van der Waals surface area (Å²) in [6.45, 7) is 1.89. The van der Waals surface area contributed by atoms with Crippen molar-refractivity contribution >= 4 is 17.9 Å². The predicted octanol–water partition coefficient (Wildman–Crippen LogP) is 3.98. The van der Waals surface area contributed by atoms with Crippen LogP contribution in [0.3, 0.4) is 0 Å². The van der Waals surface area contributed by atoms with E-state index >= 15 is 0 Å². The Labute approximate surface area is 166 Å². The van der Waals surface area contributed by atoms with Crippen molar-refractivity contribution in [1.82, 2.24) is 4.67 Å². The van der Waals surface area contributed by atoms with Crippen LogP contribution in [-0.2, 0) is 4.57 Å². The second-order valence-corrected chi connectivity index (χ2v) is 9.53. The van der Waals surface area contributed by atoms with Gasteiger partial charge in [0.05, 0.1) is 18.5 Å². The second kappa shape index (κ2) is 8.74. The second-order valence-electron chi connectivity index (χ2n) is 6.75. The molecule has 146 valence electrons. The van der Waals surface area contributed by atoms with Gasteiger partial charge in [-0.25, -0.2) is 4.67 Å². The first kappa shape index (κ1) is 20.3. The normalized spacial score (nSPS) is 15.6. The first-order valence-electron chi connectivity index (χ1n) is 9.25. The number of benzene rings is 3. The van der Waals surface area contributed by atoms with Gasteiger partial charge in [-0.05, 0) is 43.8 Å². The van der Waals surface area contributed by atoms with Gasteiger partial charge in [0.1, 0.15) is 5.75 Å². The Morgan fingerprint density at radius 2 is 1.43 bits per heavy atom. The fourth-order valence-corrected chi connectivity index (χ4v) is 6.34. The summed E-state index contributed by atoms with van der Waals surface area (Å²) >= 11 is 0. The summed E-state index contributed by atoms with van der Waals surface area (Å²) in [5, 5.41) is 12.3. The Hall–Kier alpha value is -2.39. The molecule has 4 nitrogen and oxygen atoms in total. The third-order valence-electron chi connectivity index (χ3n) is 5.15. The summed E-state index contributed by atoms with van der Waals surface area (Å²) in [5.41, 5.74) is 0.793. The zero-order valence-corrected chi connectivity index (χ0v) is 17.3. The summed E-state index contributed by atoms with van der Waals surface area (Å²) < 4.78 is 21.9. The minimum Gasteiger partial charge on any atom is -0.496 e. The van der Waals surface area contributed by atoms with Gasteiger partial charge in [0, 0.05) is 11.3 Å². The van der Waals surface area contributed by atoms with E-state index in [-0.39, 0.29) is 0 Å². The van der Waals surface area contributed by atoms with Gasteiger partial charge < -0.3 is 9.84 Å². The summed E-state index contributed by atoms with van der Waals surface area (Å²) in [7, 11) is 0.131. The molecule has 0 fully saturated rings. The fourth-order valence-electron chi connectivity index (χ4n) is 3.39. The molecule has 0 aliphatic heterocycles. The lowest BCUT2D eigenvalue weighted by atomic mass is 10.0. The number of hydrogen-bond donors (Lipinski definition) is 1. The number of para-hydroxylation sites is 1. The lowest BCUT2D eigenvalue weighted by molar-refractivity contribution is 0.108. The van der Waals surface area contributed by atoms with Crippen LogP contribution in [0.5, 0.6) is 5.75 Å². The molecule has 1 N–H and O–H groups in total. The van der Waals surface area contributed by atoms with Crippen molar-refractivity contribution in [1.29, 1.82) is 0 Å². The molecule has 3 rings (SSSR count). The standard InChI is InChI=1S/C23H26NO3P/c1-18(23(25)19-12-6-4-7-13-19)24(2)28(26,20-14-8-5-9-15-20)22-17-11-10-16-21(22)27-3/h4-18,23,25H,1-3H3/t18-,23+,28?/m0/s1. The van der Waals surface area contributed by atoms with Crippen LogP contribution in [0, 0.1) is 0 Å². The van der Waals surface area contributed by atoms with E-state index in [1.54, 1.807) is 18.8 Å². The van der Waals surface area contributed by atoms with Gasteiger partial charge in [0.2, 0.25) is 7.29 Å². The molecule has 0 spiro atoms. The Bertz CT molecular complexity index is 946. The third-order valence-corrected chi connectivity index (χ3v) is 8.42. The van der Waals surface area contributed by atoms with Crippen LogP contribution in [0.15, 0.2) is 84.9 Å². The highest BCUT2D eigenvalue weighted by molar-refractivity contribution is 7.76. The zero-order valence-electron chi connectivity index (χ0n) is 16.4. The maximum absolute atomic E-state index is 14.6. The molecule has 3 aromatic carbocycles. The van der Waals surface area contributed by atoms with E-state index in [1.807, 2.05) is 91.9 Å². The number of nitrogens with zero attached hydrogens (tertiary/aromatic N) is 1. The number of ether oxygens (including phenoxy) is 1. The Kier molecular flexibility index (Phi) is 6.35. The van der Waals surface area contributed by atoms with Crippen LogP contribution in [-0.4, -0.2) is 30.0 Å². The predicted molar refractivity (Wildman–Crippen MR) is 115 cm³/mol. The molecular formula is C23H26NO3P. The van der Waals surface area contributed by atoms with Crippen LogP contribution in [0.2, 0.25) is 0 Å². The van der Waals surface area contributed by atoms with Crippen LogP contribution < -0.4 is 15.3 Å². The molecule has 0 aliphatic rings. The topological polar surface area (TPSA) is 49.8 Å². The largest absolute Gasteiger partial charge is 0.496 e. The number of aliphatic hydroxyl groups is 1. The van der Waals surface area contributed by atoms with E-state index in [9.17, 15) is 9.67 Å². The van der Waals surface area contributed by atoms with Crippen LogP contribution in [0.1, 0.15) is 18.6 Å². The van der Waals surface area contributed by atoms with Crippen molar-refractivity contribution in [3.05, 3.63) is 90.5 Å². The van der Waals surface area contributed by atoms with Gasteiger partial charge in [0.15, 0.2) is 0 Å². The van der Waals surface area contributed by atoms with Gasteiger partial charge in [-0.15, -0.1) is 0 Å². The number of rotatable bonds is 7. The van der Waals surface area contributed by atoms with Crippen LogP contribution >= 0.6 is 7.29 Å². The minimum atomic E-state index is -3.25. The maximum atomic E-state index is 14.6. The quantitative estimate of drug-likeness (QED) is 0.615. The first-order chi connectivity index (χ1) is 13.5. The summed E-state index contributed by atoms with van der Waals surface area (Å²) in [6.07, 6.45) is -0.780. The molecule has 1 unspecified atom stereocenters. The molecule has 0 amide bonds. The van der Waals surface area contributed by atoms with Crippen molar-refractivity contribution in [2.24, 2.45) is 0 Å². The number of aliphatic hydroxyl groups excluding tert-OH is 1. The molecular weight excluding hydrogens is 369 g/mol. The molecule has 5 heteroatoms. The Morgan fingerprint density at radius 3 is 2.04 bits per heavy atom. The fraction of sp³-hybridized carbons (Fsp3) is 0.217. The summed E-state index contributed by atoms with van der Waals surface area (Å²) in [6, 6.07) is 25.8. The SMILES string of the molecule is COc1ccccc1P(=O)(c1ccccc1)N(C)[C@@H](C)[C@@H](O)c1ccccc1. The highest BCUT2D eigenvalue weighted by Gasteiger charge is 2.39. The molecule has 0 radical (unpaired) electrons. The van der Waals surface area contributed by atoms with Gasteiger partial charge >= 0.3 is 0 Å². The lowest BCUT2D eigenvalue weighted by Gasteiger charge is -2.36. The number of hydrogen-bond acceptors (Lipinski definition) is 3. The highest BCUT2D eigenvalue weighted by Crippen LogP contribution is 2.51. The third kappa shape index (κ3) is 3.77. The molecule has 28 heavy (non-hydrogen) atoms. The molecule has 0 saturated carbocycles. The monoisotopic (exact) mass is 395 g/mol. The van der Waals surface area contributed by atoms with Crippen molar-refractivity contribution in [2.45, 2.75) is 19.1 Å². The minimum absolute atomic E-state index is 0.390. The van der Waals surface area contributed by atoms with Crippen molar-refractivity contribution < 1.29 is 14.4 Å². The molecule has 3 aromatic rings. The van der Waals surface area contributed by atoms with Gasteiger partial charge in [-0.1, -0.05) is 60.7 Å². The number of methoxy groups -OCH3 is 1. The molecule has 0 heterocycles. The van der Waals surface area contributed by atoms with Crippen LogP contribution in [0.25, 0.3) is 0 Å². The van der Waals surface area contributed by atoms with Crippen molar-refractivity contribution in [3.63, 3.8) is 0 Å². The van der Waals surface area contributed by atoms with Crippen LogP contribution in [0.4, 0.5) is 0 Å². The van der Waals surface area contributed by atoms with Gasteiger partial charge in [0.25, 0.3) is 0 Å². The average Bonchev–Trinajstić information content (AvgIpc) is 2.78. The molecule has 0 aromatic heterocycles. The number of likely N-dealkylation sites (N-methyl/N-ethyl adjacent to an activating group) is 1. The van der Waals surface area contributed by atoms with Crippen molar-refractivity contribution in [3.8, 4) is 5.75 Å². The maximum Gasteiger partial charge on any atom is 0.210 e. The Morgan fingerprint density at radius 1 is 0.893 bits per heavy atom. The van der Waals surface area contributed by atoms with Gasteiger partial charge in [-0.2, -0.15) is 0 Å². The van der Waals surface area contributed by atoms with E-state index < -0.39 is 19.4 Å². The van der Waals surface area contributed by atoms with E-state index in [0.717, 1.165) is 5.56 Å². The van der Waals surface area contributed by atoms with E-state index in [2.05, 4.69) is 0 Å². The smallest absolute Gasteiger partial charge is 0.210 e. The highest BCUT2D eigenvalue weighted by atomic mass is 31.2. The lowest BCUT2D eigenvalue weighted by Crippen LogP contribution is -2.39. The summed E-state index contributed by atoms with van der Waals surface area (Å²) in [4.78, 5) is 0. The van der Waals surface area contributed by atoms with E-state index in [1.165, 1.54) is 0 Å². The van der Waals surface area contributed by atoms with Crippen molar-refractivity contribution in [2.75, 3.05) is 14.2 Å². The summed E-state index contributed by atoms with van der Waals surface area (Å²) in [5.74, 6) is 0.572. The Balaban J connectivity index is 2.11. The zero-order chi connectivity index (χ0) is 20.1.